The van der Waals surface area contributed by atoms with Crippen molar-refractivity contribution in [2.45, 2.75) is 120 Å². The van der Waals surface area contributed by atoms with Crippen molar-refractivity contribution in [3.63, 3.8) is 0 Å². The fourth-order valence-electron chi connectivity index (χ4n) is 7.20. The van der Waals surface area contributed by atoms with Crippen LogP contribution in [0.5, 0.6) is 0 Å². The number of aliphatic hydroxyl groups is 1. The molecule has 3 fully saturated rings. The summed E-state index contributed by atoms with van der Waals surface area (Å²) in [4.78, 5) is 55.1. The minimum atomic E-state index is -0.891. The van der Waals surface area contributed by atoms with Crippen LogP contribution in [-0.4, -0.2) is 99.7 Å². The van der Waals surface area contributed by atoms with Crippen molar-refractivity contribution in [2.75, 3.05) is 26.2 Å². The van der Waals surface area contributed by atoms with E-state index in [0.29, 0.717) is 18.4 Å². The maximum atomic E-state index is 13.5. The molecule has 0 radical (unpaired) electrons. The van der Waals surface area contributed by atoms with Crippen molar-refractivity contribution in [3.05, 3.63) is 35.9 Å². The highest BCUT2D eigenvalue weighted by Gasteiger charge is 2.49. The first-order valence-electron chi connectivity index (χ1n) is 17.2. The SMILES string of the molecule is CCNC(=O)C(NC(=O)Cc1ccccc1)[C@@H]1N[C@@H](C(=O)NCC(O)CN2C[C@H]3CCCC[C@H]3C[C@H]2C(=O)NC(C)(C)C)C(C)(C)S1. The van der Waals surface area contributed by atoms with Gasteiger partial charge in [0.2, 0.25) is 23.6 Å². The van der Waals surface area contributed by atoms with E-state index in [1.165, 1.54) is 24.6 Å². The number of hydrogen-bond donors (Lipinski definition) is 6. The minimum Gasteiger partial charge on any atom is -0.390 e. The van der Waals surface area contributed by atoms with E-state index in [9.17, 15) is 24.3 Å². The van der Waals surface area contributed by atoms with E-state index in [-0.39, 0.29) is 54.7 Å². The summed E-state index contributed by atoms with van der Waals surface area (Å²) in [5, 5.41) is 25.6. The summed E-state index contributed by atoms with van der Waals surface area (Å²) in [6.07, 6.45) is 4.77. The molecule has 262 valence electrons. The standard InChI is InChI=1S/C35H56N6O5S/c1-7-36-31(45)28(38-27(43)17-22-13-9-8-10-14-22)33-39-29(35(5,6)47-33)32(46)37-19-25(42)21-41-20-24-16-12-11-15-23(24)18-26(41)30(44)40-34(2,3)4/h8-10,13-14,23-26,28-29,33,39,42H,7,11-12,15-21H2,1-6H3,(H,36,45)(H,37,46)(H,38,43)(H,40,44)/t23-,24+,25?,26-,28?,29-,33+/m0/s1. The summed E-state index contributed by atoms with van der Waals surface area (Å²) >= 11 is 1.43. The molecule has 2 heterocycles. The van der Waals surface area contributed by atoms with E-state index in [1.807, 2.05) is 71.9 Å². The van der Waals surface area contributed by atoms with Crippen LogP contribution in [0.15, 0.2) is 30.3 Å². The number of piperidine rings is 1. The fraction of sp³-hybridized carbons (Fsp3) is 0.714. The molecule has 1 aromatic rings. The maximum absolute atomic E-state index is 13.5. The molecule has 3 aliphatic rings. The van der Waals surface area contributed by atoms with Gasteiger partial charge in [0.1, 0.15) is 12.1 Å². The first-order chi connectivity index (χ1) is 22.2. The predicted molar refractivity (Wildman–Crippen MR) is 185 cm³/mol. The molecule has 0 spiro atoms. The molecule has 4 amide bonds. The molecule has 11 nitrogen and oxygen atoms in total. The third-order valence-corrected chi connectivity index (χ3v) is 10.9. The number of amides is 4. The molecule has 1 aliphatic carbocycles. The third kappa shape index (κ3) is 10.4. The Morgan fingerprint density at radius 2 is 1.72 bits per heavy atom. The average molecular weight is 673 g/mol. The van der Waals surface area contributed by atoms with Gasteiger partial charge >= 0.3 is 0 Å². The van der Waals surface area contributed by atoms with Crippen molar-refractivity contribution < 1.29 is 24.3 Å². The number of hydrogen-bond acceptors (Lipinski definition) is 8. The lowest BCUT2D eigenvalue weighted by molar-refractivity contribution is -0.133. The Labute approximate surface area is 284 Å². The molecule has 2 unspecified atom stereocenters. The number of aliphatic hydroxyl groups excluding tert-OH is 1. The van der Waals surface area contributed by atoms with Crippen molar-refractivity contribution in [2.24, 2.45) is 11.8 Å². The van der Waals surface area contributed by atoms with Crippen LogP contribution in [0.2, 0.25) is 0 Å². The Hall–Kier alpha value is -2.67. The van der Waals surface area contributed by atoms with E-state index in [4.69, 9.17) is 0 Å². The quantitative estimate of drug-likeness (QED) is 0.197. The molecule has 2 aliphatic heterocycles. The largest absolute Gasteiger partial charge is 0.390 e. The van der Waals surface area contributed by atoms with Crippen LogP contribution in [0.25, 0.3) is 0 Å². The number of benzene rings is 1. The van der Waals surface area contributed by atoms with Crippen LogP contribution in [0.3, 0.4) is 0 Å². The molecule has 12 heteroatoms. The number of carbonyl (C=O) groups excluding carboxylic acids is 4. The van der Waals surface area contributed by atoms with Gasteiger partial charge in [-0.25, -0.2) is 0 Å². The zero-order valence-corrected chi connectivity index (χ0v) is 29.8. The summed E-state index contributed by atoms with van der Waals surface area (Å²) in [7, 11) is 0. The second kappa shape index (κ2) is 16.2. The lowest BCUT2D eigenvalue weighted by Gasteiger charge is -2.46. The van der Waals surface area contributed by atoms with Gasteiger partial charge in [-0.1, -0.05) is 49.6 Å². The van der Waals surface area contributed by atoms with Crippen molar-refractivity contribution in [1.29, 1.82) is 0 Å². The minimum absolute atomic E-state index is 0.00439. The van der Waals surface area contributed by atoms with E-state index in [1.54, 1.807) is 0 Å². The predicted octanol–water partition coefficient (Wildman–Crippen LogP) is 1.93. The van der Waals surface area contributed by atoms with Crippen LogP contribution in [-0.2, 0) is 25.6 Å². The van der Waals surface area contributed by atoms with Crippen LogP contribution >= 0.6 is 11.8 Å². The van der Waals surface area contributed by atoms with E-state index < -0.39 is 28.3 Å². The smallest absolute Gasteiger partial charge is 0.245 e. The van der Waals surface area contributed by atoms with Gasteiger partial charge in [0.15, 0.2) is 0 Å². The number of rotatable bonds is 12. The molecule has 2 saturated heterocycles. The normalized spacial score (nSPS) is 27.2. The molecule has 7 atom stereocenters. The van der Waals surface area contributed by atoms with Crippen molar-refractivity contribution in [1.82, 2.24) is 31.5 Å². The highest BCUT2D eigenvalue weighted by Crippen LogP contribution is 2.40. The van der Waals surface area contributed by atoms with E-state index >= 15 is 0 Å². The van der Waals surface area contributed by atoms with Crippen LogP contribution < -0.4 is 26.6 Å². The molecule has 1 aromatic carbocycles. The van der Waals surface area contributed by atoms with Gasteiger partial charge in [-0.05, 0) is 71.8 Å². The lowest BCUT2D eigenvalue weighted by Crippen LogP contribution is -2.60. The summed E-state index contributed by atoms with van der Waals surface area (Å²) in [6.45, 7) is 13.1. The number of likely N-dealkylation sites (tertiary alicyclic amines) is 1. The third-order valence-electron chi connectivity index (χ3n) is 9.44. The number of thioether (sulfide) groups is 1. The van der Waals surface area contributed by atoms with Crippen LogP contribution in [0.1, 0.15) is 79.2 Å². The summed E-state index contributed by atoms with van der Waals surface area (Å²) in [6, 6.07) is 7.46. The monoisotopic (exact) mass is 672 g/mol. The van der Waals surface area contributed by atoms with Gasteiger partial charge < -0.3 is 26.4 Å². The van der Waals surface area contributed by atoms with Crippen molar-refractivity contribution >= 4 is 35.4 Å². The highest BCUT2D eigenvalue weighted by molar-refractivity contribution is 8.01. The molecule has 0 aromatic heterocycles. The van der Waals surface area contributed by atoms with Gasteiger partial charge in [0, 0.05) is 36.5 Å². The van der Waals surface area contributed by atoms with Crippen LogP contribution in [0.4, 0.5) is 0 Å². The zero-order valence-electron chi connectivity index (χ0n) is 28.9. The average Bonchev–Trinajstić information content (AvgIpc) is 3.32. The van der Waals surface area contributed by atoms with E-state index in [0.717, 1.165) is 31.4 Å². The van der Waals surface area contributed by atoms with Gasteiger partial charge in [-0.2, -0.15) is 0 Å². The molecule has 6 N–H and O–H groups in total. The number of nitrogens with one attached hydrogen (secondary N) is 5. The van der Waals surface area contributed by atoms with Crippen LogP contribution in [0, 0.1) is 11.8 Å². The number of likely N-dealkylation sites (N-methyl/N-ethyl adjacent to an activating group) is 1. The maximum Gasteiger partial charge on any atom is 0.245 e. The zero-order chi connectivity index (χ0) is 34.4. The Balaban J connectivity index is 1.36. The molecular formula is C35H56N6O5S. The molecule has 1 saturated carbocycles. The molecule has 47 heavy (non-hydrogen) atoms. The molecule has 0 bridgehead atoms. The Kier molecular flexibility index (Phi) is 12.8. The molecular weight excluding hydrogens is 616 g/mol. The fourth-order valence-corrected chi connectivity index (χ4v) is 8.70. The van der Waals surface area contributed by atoms with Gasteiger partial charge in [0.25, 0.3) is 0 Å². The van der Waals surface area contributed by atoms with Gasteiger partial charge in [0.05, 0.1) is 23.9 Å². The summed E-state index contributed by atoms with van der Waals surface area (Å²) < 4.78 is -0.604. The summed E-state index contributed by atoms with van der Waals surface area (Å²) in [5.41, 5.74) is 0.489. The summed E-state index contributed by atoms with van der Waals surface area (Å²) in [5.74, 6) is 0.152. The Morgan fingerprint density at radius 3 is 2.38 bits per heavy atom. The van der Waals surface area contributed by atoms with Gasteiger partial charge in [-0.15, -0.1) is 11.8 Å². The molecule has 4 rings (SSSR count). The van der Waals surface area contributed by atoms with E-state index in [2.05, 4.69) is 31.5 Å². The first kappa shape index (κ1) is 37.2. The van der Waals surface area contributed by atoms with Gasteiger partial charge in [-0.3, -0.25) is 29.4 Å². The topological polar surface area (TPSA) is 152 Å². The Morgan fingerprint density at radius 1 is 1.04 bits per heavy atom. The Bertz CT molecular complexity index is 1240. The van der Waals surface area contributed by atoms with Crippen molar-refractivity contribution in [3.8, 4) is 0 Å². The highest BCUT2D eigenvalue weighted by atomic mass is 32.2. The lowest BCUT2D eigenvalue weighted by atomic mass is 9.72. The second-order valence-corrected chi connectivity index (χ2v) is 16.8. The number of β-amino-alcohol motifs (C(OH)–C–C–N with tert-alkyl or cyclic N) is 1. The first-order valence-corrected chi connectivity index (χ1v) is 18.1. The second-order valence-electron chi connectivity index (χ2n) is 15.0. The number of carbonyl (C=O) groups is 4. The number of fused-ring (bicyclic) bond motifs is 1. The number of nitrogens with zero attached hydrogens (tertiary/aromatic N) is 1.